The number of hydrogen-bond donors (Lipinski definition) is 0. The molecule has 58 heavy (non-hydrogen) atoms. The van der Waals surface area contributed by atoms with E-state index in [4.69, 9.17) is 0 Å². The van der Waals surface area contributed by atoms with Crippen LogP contribution >= 0.6 is 24.8 Å². The number of benzene rings is 6. The van der Waals surface area contributed by atoms with Gasteiger partial charge in [-0.2, -0.15) is 23.8 Å². The molecule has 0 aromatic heterocycles. The van der Waals surface area contributed by atoms with E-state index in [0.29, 0.717) is 0 Å². The summed E-state index contributed by atoms with van der Waals surface area (Å²) in [6.45, 7) is 18.2. The molecule has 0 atom stereocenters. The molecule has 0 N–H and O–H groups in total. The molecule has 0 amide bonds. The Labute approximate surface area is 379 Å². The van der Waals surface area contributed by atoms with Crippen molar-refractivity contribution in [2.24, 2.45) is 0 Å². The molecular weight excluding hydrogens is 823 g/mol. The third-order valence-corrected chi connectivity index (χ3v) is 9.53. The SMILES string of the molecule is Cc1[c-]c2c(cc1C(C)(C)C)-c1cc(C(C)(C)C)c(C)cc1C2.Cl.Cl.[C-]1=CC=CC1.[CH2]=[Zr].c1ccc([CH-]c2ccccc2)cc1.c1ccc([CH-]c2ccccc2)cc1. The summed E-state index contributed by atoms with van der Waals surface area (Å²) in [4.78, 5) is 0. The fourth-order valence-corrected chi connectivity index (χ4v) is 6.94. The zero-order valence-corrected chi connectivity index (χ0v) is 39.7. The van der Waals surface area contributed by atoms with Gasteiger partial charge in [0.1, 0.15) is 0 Å². The molecular formula is C55H60Cl2Zr-4. The van der Waals surface area contributed by atoms with E-state index in [1.165, 1.54) is 91.0 Å². The summed E-state index contributed by atoms with van der Waals surface area (Å²) >= 11 is 1.30. The maximum absolute atomic E-state index is 3.69. The van der Waals surface area contributed by atoms with Crippen molar-refractivity contribution in [3.63, 3.8) is 0 Å². The first-order valence-corrected chi connectivity index (χ1v) is 21.3. The van der Waals surface area contributed by atoms with Crippen LogP contribution in [0.2, 0.25) is 0 Å². The van der Waals surface area contributed by atoms with E-state index < -0.39 is 0 Å². The van der Waals surface area contributed by atoms with Crippen molar-refractivity contribution in [3.05, 3.63) is 238 Å². The Hall–Kier alpha value is -4.13. The molecule has 6 aromatic rings. The number of fused-ring (bicyclic) bond motifs is 3. The van der Waals surface area contributed by atoms with Gasteiger partial charge in [-0.15, -0.1) is 132 Å². The van der Waals surface area contributed by atoms with Crippen LogP contribution in [0.25, 0.3) is 11.1 Å². The Kier molecular flexibility index (Phi) is 21.3. The minimum Gasteiger partial charge on any atom is -0.126 e. The molecule has 3 heteroatoms. The average Bonchev–Trinajstić information content (AvgIpc) is 3.88. The van der Waals surface area contributed by atoms with Crippen LogP contribution in [0.5, 0.6) is 0 Å². The van der Waals surface area contributed by atoms with Crippen LogP contribution in [0.4, 0.5) is 0 Å². The van der Waals surface area contributed by atoms with E-state index in [9.17, 15) is 0 Å². The largest absolute Gasteiger partial charge is 0.126 e. The van der Waals surface area contributed by atoms with Crippen LogP contribution in [0, 0.1) is 38.8 Å². The molecule has 0 nitrogen and oxygen atoms in total. The fraction of sp³-hybridized carbons (Fsp3) is 0.218. The van der Waals surface area contributed by atoms with Gasteiger partial charge in [-0.05, 0) is 35.4 Å². The standard InChI is InChI=1S/C23H29.2C13H11.C5H5.CH2.2ClH.Zr/c1-14-9-16-11-17-10-15(2)21(23(6,7)8)13-19(17)18(16)12-20(14)22(3,4)5;2*1-3-7-12(8-4-1)11-13-9-5-2-6-10-13;1-2-4-5-3-1;;;;/h9,12-13H,11H2,1-8H3;2*1-11H;1-3H,4H2;1H2;2*1H;/q4*-1;;;;. The van der Waals surface area contributed by atoms with E-state index >= 15 is 0 Å². The first kappa shape index (κ1) is 50.0. The second-order valence-electron chi connectivity index (χ2n) is 16.1. The maximum atomic E-state index is 3.69. The van der Waals surface area contributed by atoms with Gasteiger partial charge >= 0.3 is 28.4 Å². The van der Waals surface area contributed by atoms with Crippen molar-refractivity contribution in [3.8, 4) is 11.1 Å². The maximum Gasteiger partial charge on any atom is -0.0771 e. The van der Waals surface area contributed by atoms with Gasteiger partial charge < -0.3 is 0 Å². The molecule has 0 heterocycles. The van der Waals surface area contributed by atoms with Crippen molar-refractivity contribution in [2.45, 2.75) is 79.1 Å². The monoisotopic (exact) mass is 880 g/mol. The van der Waals surface area contributed by atoms with Crippen LogP contribution in [0.3, 0.4) is 0 Å². The molecule has 0 radical (unpaired) electrons. The summed E-state index contributed by atoms with van der Waals surface area (Å²) in [7, 11) is 0. The molecule has 0 unspecified atom stereocenters. The Bertz CT molecular complexity index is 1910. The summed E-state index contributed by atoms with van der Waals surface area (Å²) in [6, 6.07) is 52.3. The topological polar surface area (TPSA) is 0 Å². The third kappa shape index (κ3) is 15.6. The molecule has 0 saturated heterocycles. The smallest absolute Gasteiger partial charge is 0.0771 e. The van der Waals surface area contributed by atoms with Crippen LogP contribution < -0.4 is 0 Å². The zero-order valence-electron chi connectivity index (χ0n) is 35.6. The summed E-state index contributed by atoms with van der Waals surface area (Å²) < 4.78 is 3.34. The molecule has 302 valence electrons. The molecule has 0 saturated carbocycles. The first-order valence-electron chi connectivity index (χ1n) is 19.6. The van der Waals surface area contributed by atoms with Gasteiger partial charge in [-0.3, -0.25) is 6.08 Å². The predicted molar refractivity (Wildman–Crippen MR) is 254 cm³/mol. The average molecular weight is 883 g/mol. The molecule has 2 aliphatic carbocycles. The summed E-state index contributed by atoms with van der Waals surface area (Å²) in [5, 5.41) is 0. The number of halogens is 2. The number of aryl methyl sites for hydroxylation is 2. The van der Waals surface area contributed by atoms with Gasteiger partial charge in [-0.25, -0.2) is 12.2 Å². The van der Waals surface area contributed by atoms with Gasteiger partial charge in [0.15, 0.2) is 0 Å². The van der Waals surface area contributed by atoms with Gasteiger partial charge in [0.2, 0.25) is 0 Å². The van der Waals surface area contributed by atoms with Crippen LogP contribution in [-0.4, -0.2) is 4.21 Å². The van der Waals surface area contributed by atoms with Gasteiger partial charge in [0.05, 0.1) is 0 Å². The van der Waals surface area contributed by atoms with Crippen molar-refractivity contribution < 1.29 is 24.2 Å². The minimum atomic E-state index is 0. The summed E-state index contributed by atoms with van der Waals surface area (Å²) in [6.07, 6.45) is 15.4. The summed E-state index contributed by atoms with van der Waals surface area (Å²) in [5.41, 5.74) is 16.6. The minimum absolute atomic E-state index is 0. The third-order valence-electron chi connectivity index (χ3n) is 9.53. The Morgan fingerprint density at radius 2 is 0.948 bits per heavy atom. The normalized spacial score (nSPS) is 11.4. The van der Waals surface area contributed by atoms with E-state index in [1.807, 2.05) is 36.4 Å². The Morgan fingerprint density at radius 3 is 1.28 bits per heavy atom. The predicted octanol–water partition coefficient (Wildman–Crippen LogP) is 15.0. The molecule has 6 aromatic carbocycles. The molecule has 0 spiro atoms. The molecule has 0 fully saturated rings. The molecule has 8 rings (SSSR count). The fourth-order valence-electron chi connectivity index (χ4n) is 6.94. The molecule has 0 aliphatic heterocycles. The first-order chi connectivity index (χ1) is 26.9. The zero-order chi connectivity index (χ0) is 40.6. The second-order valence-corrected chi connectivity index (χ2v) is 16.1. The van der Waals surface area contributed by atoms with Crippen LogP contribution in [-0.2, 0) is 41.5 Å². The van der Waals surface area contributed by atoms with Crippen LogP contribution in [0.1, 0.15) is 104 Å². The van der Waals surface area contributed by atoms with Gasteiger partial charge in [0.25, 0.3) is 0 Å². The second kappa shape index (κ2) is 24.7. The van der Waals surface area contributed by atoms with E-state index in [2.05, 4.69) is 206 Å². The summed E-state index contributed by atoms with van der Waals surface area (Å²) in [5.74, 6) is 0. The number of hydrogen-bond acceptors (Lipinski definition) is 0. The van der Waals surface area contributed by atoms with Crippen molar-refractivity contribution >= 4 is 29.0 Å². The van der Waals surface area contributed by atoms with E-state index in [1.54, 1.807) is 0 Å². The van der Waals surface area contributed by atoms with Crippen molar-refractivity contribution in [1.29, 1.82) is 0 Å². The van der Waals surface area contributed by atoms with Gasteiger partial charge in [-0.1, -0.05) is 144 Å². The number of allylic oxidation sites excluding steroid dienone is 4. The Balaban J connectivity index is 0.000000285. The molecule has 2 aliphatic rings. The Morgan fingerprint density at radius 1 is 0.552 bits per heavy atom. The number of rotatable bonds is 4. The molecule has 0 bridgehead atoms. The van der Waals surface area contributed by atoms with Crippen LogP contribution in [0.15, 0.2) is 158 Å². The van der Waals surface area contributed by atoms with Crippen molar-refractivity contribution in [1.82, 2.24) is 0 Å². The van der Waals surface area contributed by atoms with Crippen molar-refractivity contribution in [2.75, 3.05) is 0 Å². The quantitative estimate of drug-likeness (QED) is 0.155. The van der Waals surface area contributed by atoms with Gasteiger partial charge in [0, 0.05) is 0 Å². The van der Waals surface area contributed by atoms with E-state index in [-0.39, 0.29) is 35.6 Å². The van der Waals surface area contributed by atoms with E-state index in [0.717, 1.165) is 12.8 Å².